The highest BCUT2D eigenvalue weighted by Crippen LogP contribution is 2.29. The predicted molar refractivity (Wildman–Crippen MR) is 68.3 cm³/mol. The summed E-state index contributed by atoms with van der Waals surface area (Å²) in [6.45, 7) is 0. The molecule has 0 bridgehead atoms. The Kier molecular flexibility index (Phi) is 5.41. The molecule has 4 N–H and O–H groups in total. The van der Waals surface area contributed by atoms with Gasteiger partial charge in [0.05, 0.1) is 14.2 Å². The number of benzene rings is 1. The molecule has 0 spiro atoms. The van der Waals surface area contributed by atoms with E-state index in [1.54, 1.807) is 39.5 Å². The second kappa shape index (κ2) is 6.83. The molecular weight excluding hydrogens is 234 g/mol. The summed E-state index contributed by atoms with van der Waals surface area (Å²) in [5.41, 5.74) is 11.8. The van der Waals surface area contributed by atoms with Gasteiger partial charge in [0.25, 0.3) is 0 Å². The molecule has 6 heteroatoms. The number of hydrazine groups is 1. The third-order valence-corrected chi connectivity index (χ3v) is 2.51. The first-order valence-electron chi connectivity index (χ1n) is 5.55. The molecule has 1 aromatic carbocycles. The fraction of sp³-hybridized carbons (Fsp3) is 0.417. The van der Waals surface area contributed by atoms with E-state index in [-0.39, 0.29) is 12.3 Å². The topological polar surface area (TPSA) is 85.6 Å². The van der Waals surface area contributed by atoms with Crippen molar-refractivity contribution in [2.75, 3.05) is 21.3 Å². The summed E-state index contributed by atoms with van der Waals surface area (Å²) >= 11 is 0. The fourth-order valence-electron chi connectivity index (χ4n) is 1.63. The van der Waals surface area contributed by atoms with Crippen LogP contribution in [0.3, 0.4) is 0 Å². The maximum atomic E-state index is 11.5. The smallest absolute Gasteiger partial charge is 0.235 e. The Bertz CT molecular complexity index is 410. The molecule has 1 atom stereocenters. The zero-order valence-electron chi connectivity index (χ0n) is 10.8. The van der Waals surface area contributed by atoms with Crippen molar-refractivity contribution in [2.24, 2.45) is 5.73 Å². The van der Waals surface area contributed by atoms with Crippen LogP contribution in [0.5, 0.6) is 11.5 Å². The molecule has 18 heavy (non-hydrogen) atoms. The van der Waals surface area contributed by atoms with E-state index >= 15 is 0 Å². The monoisotopic (exact) mass is 253 g/mol. The van der Waals surface area contributed by atoms with Gasteiger partial charge in [0.1, 0.15) is 11.5 Å². The highest BCUT2D eigenvalue weighted by atomic mass is 16.5. The van der Waals surface area contributed by atoms with Crippen LogP contribution in [0.25, 0.3) is 0 Å². The molecule has 1 unspecified atom stereocenters. The Balaban J connectivity index is 2.88. The van der Waals surface area contributed by atoms with Crippen LogP contribution in [-0.4, -0.2) is 27.2 Å². The summed E-state index contributed by atoms with van der Waals surface area (Å²) in [4.78, 5) is 11.5. The van der Waals surface area contributed by atoms with Gasteiger partial charge < -0.3 is 15.2 Å². The summed E-state index contributed by atoms with van der Waals surface area (Å²) in [7, 11) is 4.76. The summed E-state index contributed by atoms with van der Waals surface area (Å²) < 4.78 is 10.4. The Hall–Kier alpha value is -1.79. The molecule has 0 heterocycles. The van der Waals surface area contributed by atoms with E-state index in [0.717, 1.165) is 5.56 Å². The van der Waals surface area contributed by atoms with Crippen LogP contribution >= 0.6 is 0 Å². The maximum Gasteiger partial charge on any atom is 0.235 e. The normalized spacial score (nSPS) is 11.8. The van der Waals surface area contributed by atoms with Crippen LogP contribution in [0.4, 0.5) is 0 Å². The van der Waals surface area contributed by atoms with Crippen molar-refractivity contribution < 1.29 is 14.3 Å². The Morgan fingerprint density at radius 3 is 2.67 bits per heavy atom. The summed E-state index contributed by atoms with van der Waals surface area (Å²) in [6, 6.07) is 4.87. The molecule has 0 aliphatic carbocycles. The molecule has 0 aliphatic rings. The first-order chi connectivity index (χ1) is 8.62. The summed E-state index contributed by atoms with van der Waals surface area (Å²) in [5, 5.41) is 0. The molecule has 0 aliphatic heterocycles. The largest absolute Gasteiger partial charge is 0.497 e. The van der Waals surface area contributed by atoms with Gasteiger partial charge >= 0.3 is 0 Å². The number of carbonyl (C=O) groups is 1. The number of methoxy groups -OCH3 is 2. The molecular formula is C12H19N3O3. The molecule has 100 valence electrons. The van der Waals surface area contributed by atoms with Gasteiger partial charge in [-0.1, -0.05) is 0 Å². The van der Waals surface area contributed by atoms with Gasteiger partial charge in [-0.3, -0.25) is 10.2 Å². The summed E-state index contributed by atoms with van der Waals surface area (Å²) in [6.07, 6.45) is 0.157. The third kappa shape index (κ3) is 3.61. The molecule has 0 radical (unpaired) electrons. The predicted octanol–water partition coefficient (Wildman–Crippen LogP) is 0.344. The SMILES string of the molecule is CNNC(=O)CC(N)c1cc(OC)ccc1OC. The van der Waals surface area contributed by atoms with E-state index in [2.05, 4.69) is 10.9 Å². The van der Waals surface area contributed by atoms with Gasteiger partial charge in [0.2, 0.25) is 5.91 Å². The second-order valence-corrected chi connectivity index (χ2v) is 3.72. The van der Waals surface area contributed by atoms with E-state index in [9.17, 15) is 4.79 Å². The maximum absolute atomic E-state index is 11.5. The molecule has 6 nitrogen and oxygen atoms in total. The molecule has 0 aromatic heterocycles. The lowest BCUT2D eigenvalue weighted by molar-refractivity contribution is -0.122. The van der Waals surface area contributed by atoms with Gasteiger partial charge in [-0.25, -0.2) is 5.43 Å². The minimum absolute atomic E-state index is 0.157. The highest BCUT2D eigenvalue weighted by molar-refractivity contribution is 5.76. The van der Waals surface area contributed by atoms with Crippen LogP contribution in [0.1, 0.15) is 18.0 Å². The van der Waals surface area contributed by atoms with Crippen LogP contribution in [-0.2, 0) is 4.79 Å². The molecule has 0 fully saturated rings. The number of carbonyl (C=O) groups excluding carboxylic acids is 1. The lowest BCUT2D eigenvalue weighted by Gasteiger charge is -2.16. The van der Waals surface area contributed by atoms with E-state index in [1.807, 2.05) is 0 Å². The molecule has 1 aromatic rings. The second-order valence-electron chi connectivity index (χ2n) is 3.72. The zero-order valence-corrected chi connectivity index (χ0v) is 10.8. The molecule has 0 saturated heterocycles. The van der Waals surface area contributed by atoms with Crippen molar-refractivity contribution >= 4 is 5.91 Å². The van der Waals surface area contributed by atoms with E-state index in [1.165, 1.54) is 0 Å². The van der Waals surface area contributed by atoms with Crippen LogP contribution in [0, 0.1) is 0 Å². The van der Waals surface area contributed by atoms with E-state index in [0.29, 0.717) is 11.5 Å². The number of rotatable bonds is 6. The van der Waals surface area contributed by atoms with Crippen molar-refractivity contribution in [1.82, 2.24) is 10.9 Å². The molecule has 0 saturated carbocycles. The minimum Gasteiger partial charge on any atom is -0.497 e. The van der Waals surface area contributed by atoms with Crippen LogP contribution < -0.4 is 26.1 Å². The average molecular weight is 253 g/mol. The Morgan fingerprint density at radius 1 is 1.39 bits per heavy atom. The number of nitrogens with one attached hydrogen (secondary N) is 2. The van der Waals surface area contributed by atoms with Crippen LogP contribution in [0.2, 0.25) is 0 Å². The van der Waals surface area contributed by atoms with Crippen molar-refractivity contribution in [3.05, 3.63) is 23.8 Å². The van der Waals surface area contributed by atoms with Crippen molar-refractivity contribution in [1.29, 1.82) is 0 Å². The summed E-state index contributed by atoms with van der Waals surface area (Å²) in [5.74, 6) is 1.13. The van der Waals surface area contributed by atoms with Gasteiger partial charge in [-0.05, 0) is 18.2 Å². The van der Waals surface area contributed by atoms with Gasteiger partial charge in [0.15, 0.2) is 0 Å². The van der Waals surface area contributed by atoms with Crippen molar-refractivity contribution in [2.45, 2.75) is 12.5 Å². The van der Waals surface area contributed by atoms with Gasteiger partial charge in [-0.2, -0.15) is 0 Å². The number of nitrogens with two attached hydrogens (primary N) is 1. The van der Waals surface area contributed by atoms with Crippen molar-refractivity contribution in [3.8, 4) is 11.5 Å². The Morgan fingerprint density at radius 2 is 2.11 bits per heavy atom. The fourth-order valence-corrected chi connectivity index (χ4v) is 1.63. The standard InChI is InChI=1S/C12H19N3O3/c1-14-15-12(16)7-10(13)9-6-8(17-2)4-5-11(9)18-3/h4-6,10,14H,7,13H2,1-3H3,(H,15,16). The number of hydrogen-bond acceptors (Lipinski definition) is 5. The van der Waals surface area contributed by atoms with Gasteiger partial charge in [0, 0.05) is 25.1 Å². The third-order valence-electron chi connectivity index (χ3n) is 2.51. The van der Waals surface area contributed by atoms with Crippen LogP contribution in [0.15, 0.2) is 18.2 Å². The highest BCUT2D eigenvalue weighted by Gasteiger charge is 2.16. The van der Waals surface area contributed by atoms with Gasteiger partial charge in [-0.15, -0.1) is 0 Å². The lowest BCUT2D eigenvalue weighted by Crippen LogP contribution is -2.36. The average Bonchev–Trinajstić information content (AvgIpc) is 2.38. The zero-order chi connectivity index (χ0) is 13.5. The molecule has 1 amide bonds. The quantitative estimate of drug-likeness (QED) is 0.637. The number of ether oxygens (including phenoxy) is 2. The minimum atomic E-state index is -0.455. The van der Waals surface area contributed by atoms with E-state index < -0.39 is 6.04 Å². The first-order valence-corrected chi connectivity index (χ1v) is 5.55. The Labute approximate surface area is 106 Å². The number of hydrogen-bond donors (Lipinski definition) is 3. The number of amides is 1. The van der Waals surface area contributed by atoms with Crippen molar-refractivity contribution in [3.63, 3.8) is 0 Å². The first kappa shape index (κ1) is 14.3. The van der Waals surface area contributed by atoms with E-state index in [4.69, 9.17) is 15.2 Å². The molecule has 1 rings (SSSR count). The lowest BCUT2D eigenvalue weighted by atomic mass is 10.0.